The number of carbonyl (C=O) groups excluding carboxylic acids is 1. The normalized spacial score (nSPS) is 43.7. The van der Waals surface area contributed by atoms with Crippen LogP contribution in [-0.2, 0) is 14.3 Å². The molecular weight excluding hydrogens is 220 g/mol. The summed E-state index contributed by atoms with van der Waals surface area (Å²) >= 11 is 0. The smallest absolute Gasteiger partial charge is 0.330 e. The first-order valence-corrected chi connectivity index (χ1v) is 6.16. The zero-order valence-corrected chi connectivity index (χ0v) is 9.76. The molecule has 0 aromatic carbocycles. The Morgan fingerprint density at radius 1 is 1.41 bits per heavy atom. The van der Waals surface area contributed by atoms with Crippen molar-refractivity contribution in [2.45, 2.75) is 19.8 Å². The molecule has 0 amide bonds. The number of rotatable bonds is 2. The fraction of sp³-hybridized carbons (Fsp3) is 0.692. The lowest BCUT2D eigenvalue weighted by molar-refractivity contribution is -0.142. The fourth-order valence-electron chi connectivity index (χ4n) is 3.97. The standard InChI is InChI=1S/C13H16O4/c1-6(12(14)15)2-7-3-8-4-9(7)11-10(8)5-17-13(11)16/h2,7-11H,3-5H2,1H3,(H,14,15). The van der Waals surface area contributed by atoms with Crippen LogP contribution >= 0.6 is 0 Å². The quantitative estimate of drug-likeness (QED) is 0.582. The van der Waals surface area contributed by atoms with Crippen molar-refractivity contribution in [2.75, 3.05) is 6.61 Å². The van der Waals surface area contributed by atoms with Gasteiger partial charge in [-0.15, -0.1) is 0 Å². The molecule has 1 saturated heterocycles. The van der Waals surface area contributed by atoms with Gasteiger partial charge in [0.2, 0.25) is 0 Å². The van der Waals surface area contributed by atoms with Gasteiger partial charge in [-0.3, -0.25) is 4.79 Å². The average molecular weight is 236 g/mol. The van der Waals surface area contributed by atoms with Gasteiger partial charge in [0.15, 0.2) is 0 Å². The molecule has 4 heteroatoms. The van der Waals surface area contributed by atoms with E-state index in [2.05, 4.69) is 0 Å². The summed E-state index contributed by atoms with van der Waals surface area (Å²) in [6.45, 7) is 2.21. The molecule has 0 radical (unpaired) electrons. The second-order valence-corrected chi connectivity index (χ2v) is 5.53. The van der Waals surface area contributed by atoms with Gasteiger partial charge in [-0.2, -0.15) is 0 Å². The SMILES string of the molecule is CC(=CC1CC2CC1C1C(=O)OCC21)C(=O)O. The van der Waals surface area contributed by atoms with Crippen LogP contribution in [0.3, 0.4) is 0 Å². The van der Waals surface area contributed by atoms with Crippen LogP contribution in [0.25, 0.3) is 0 Å². The molecule has 0 aromatic rings. The summed E-state index contributed by atoms with van der Waals surface area (Å²) in [6, 6.07) is 0. The number of ether oxygens (including phenoxy) is 1. The Kier molecular flexibility index (Phi) is 2.28. The zero-order chi connectivity index (χ0) is 12.2. The number of allylic oxidation sites excluding steroid dienone is 1. The lowest BCUT2D eigenvalue weighted by Crippen LogP contribution is -2.28. The van der Waals surface area contributed by atoms with Gasteiger partial charge in [0.05, 0.1) is 12.5 Å². The summed E-state index contributed by atoms with van der Waals surface area (Å²) < 4.78 is 5.13. The molecule has 1 aliphatic heterocycles. The molecule has 3 fully saturated rings. The Hall–Kier alpha value is -1.32. The van der Waals surface area contributed by atoms with Crippen molar-refractivity contribution >= 4 is 11.9 Å². The van der Waals surface area contributed by atoms with Crippen LogP contribution in [0.15, 0.2) is 11.6 Å². The minimum absolute atomic E-state index is 0.0385. The molecule has 3 aliphatic rings. The molecule has 0 spiro atoms. The molecule has 5 unspecified atom stereocenters. The van der Waals surface area contributed by atoms with Crippen molar-refractivity contribution in [2.24, 2.45) is 29.6 Å². The van der Waals surface area contributed by atoms with E-state index in [1.54, 1.807) is 6.92 Å². The van der Waals surface area contributed by atoms with Gasteiger partial charge in [0, 0.05) is 11.5 Å². The number of hydrogen-bond acceptors (Lipinski definition) is 3. The number of esters is 1. The highest BCUT2D eigenvalue weighted by Crippen LogP contribution is 2.58. The van der Waals surface area contributed by atoms with Crippen molar-refractivity contribution < 1.29 is 19.4 Å². The first-order valence-electron chi connectivity index (χ1n) is 6.16. The lowest BCUT2D eigenvalue weighted by Gasteiger charge is -2.26. The van der Waals surface area contributed by atoms with E-state index in [-0.39, 0.29) is 17.8 Å². The van der Waals surface area contributed by atoms with Gasteiger partial charge in [-0.05, 0) is 37.5 Å². The van der Waals surface area contributed by atoms with E-state index in [4.69, 9.17) is 9.84 Å². The third-order valence-corrected chi connectivity index (χ3v) is 4.72. The van der Waals surface area contributed by atoms with E-state index < -0.39 is 5.97 Å². The molecular formula is C13H16O4. The third-order valence-electron chi connectivity index (χ3n) is 4.72. The van der Waals surface area contributed by atoms with E-state index in [0.717, 1.165) is 12.8 Å². The second-order valence-electron chi connectivity index (χ2n) is 5.53. The van der Waals surface area contributed by atoms with Crippen LogP contribution in [0.5, 0.6) is 0 Å². The summed E-state index contributed by atoms with van der Waals surface area (Å²) in [5, 5.41) is 8.89. The molecule has 5 atom stereocenters. The molecule has 2 aliphatic carbocycles. The Morgan fingerprint density at radius 3 is 2.88 bits per heavy atom. The fourth-order valence-corrected chi connectivity index (χ4v) is 3.97. The first kappa shape index (κ1) is 10.8. The van der Waals surface area contributed by atoms with E-state index in [9.17, 15) is 9.59 Å². The van der Waals surface area contributed by atoms with Gasteiger partial charge in [-0.25, -0.2) is 4.79 Å². The van der Waals surface area contributed by atoms with Crippen molar-refractivity contribution in [1.29, 1.82) is 0 Å². The number of cyclic esters (lactones) is 1. The van der Waals surface area contributed by atoms with E-state index in [0.29, 0.717) is 29.9 Å². The van der Waals surface area contributed by atoms with Crippen LogP contribution in [0, 0.1) is 29.6 Å². The highest BCUT2D eigenvalue weighted by Gasteiger charge is 2.58. The average Bonchev–Trinajstić information content (AvgIpc) is 2.91. The summed E-state index contributed by atoms with van der Waals surface area (Å²) in [7, 11) is 0. The number of carboxylic acids is 1. The van der Waals surface area contributed by atoms with Crippen LogP contribution in [0.2, 0.25) is 0 Å². The predicted molar refractivity (Wildman–Crippen MR) is 59.0 cm³/mol. The number of carboxylic acid groups (broad SMARTS) is 1. The molecule has 2 bridgehead atoms. The molecule has 2 saturated carbocycles. The maximum absolute atomic E-state index is 11.7. The highest BCUT2D eigenvalue weighted by atomic mass is 16.5. The predicted octanol–water partition coefficient (Wildman–Crippen LogP) is 1.46. The topological polar surface area (TPSA) is 63.6 Å². The zero-order valence-electron chi connectivity index (χ0n) is 9.76. The summed E-state index contributed by atoms with van der Waals surface area (Å²) in [5.41, 5.74) is 0.394. The summed E-state index contributed by atoms with van der Waals surface area (Å²) in [5.74, 6) is 0.641. The maximum Gasteiger partial charge on any atom is 0.330 e. The van der Waals surface area contributed by atoms with Crippen LogP contribution in [-0.4, -0.2) is 23.7 Å². The second kappa shape index (κ2) is 3.59. The molecule has 17 heavy (non-hydrogen) atoms. The minimum Gasteiger partial charge on any atom is -0.478 e. The monoisotopic (exact) mass is 236 g/mol. The Bertz CT molecular complexity index is 412. The number of hydrogen-bond donors (Lipinski definition) is 1. The molecule has 4 nitrogen and oxygen atoms in total. The van der Waals surface area contributed by atoms with Crippen molar-refractivity contribution in [1.82, 2.24) is 0 Å². The number of fused-ring (bicyclic) bond motifs is 5. The van der Waals surface area contributed by atoms with E-state index >= 15 is 0 Å². The van der Waals surface area contributed by atoms with Crippen LogP contribution in [0.4, 0.5) is 0 Å². The molecule has 1 N–H and O–H groups in total. The largest absolute Gasteiger partial charge is 0.478 e. The molecule has 0 aromatic heterocycles. The molecule has 3 rings (SSSR count). The third kappa shape index (κ3) is 1.50. The lowest BCUT2D eigenvalue weighted by atomic mass is 9.75. The Morgan fingerprint density at radius 2 is 2.18 bits per heavy atom. The van der Waals surface area contributed by atoms with Gasteiger partial charge in [-0.1, -0.05) is 6.08 Å². The Labute approximate surface area is 99.6 Å². The van der Waals surface area contributed by atoms with E-state index in [1.165, 1.54) is 0 Å². The summed E-state index contributed by atoms with van der Waals surface area (Å²) in [4.78, 5) is 22.5. The van der Waals surface area contributed by atoms with Crippen molar-refractivity contribution in [3.63, 3.8) is 0 Å². The first-order chi connectivity index (χ1) is 8.08. The highest BCUT2D eigenvalue weighted by molar-refractivity contribution is 5.85. The molecule has 92 valence electrons. The maximum atomic E-state index is 11.7. The Balaban J connectivity index is 1.82. The van der Waals surface area contributed by atoms with Crippen LogP contribution < -0.4 is 0 Å². The van der Waals surface area contributed by atoms with Crippen molar-refractivity contribution in [3.8, 4) is 0 Å². The number of aliphatic carboxylic acids is 1. The van der Waals surface area contributed by atoms with Gasteiger partial charge >= 0.3 is 11.9 Å². The van der Waals surface area contributed by atoms with Crippen molar-refractivity contribution in [3.05, 3.63) is 11.6 Å². The number of carbonyl (C=O) groups is 2. The van der Waals surface area contributed by atoms with Gasteiger partial charge in [0.1, 0.15) is 0 Å². The minimum atomic E-state index is -0.863. The summed E-state index contributed by atoms with van der Waals surface area (Å²) in [6.07, 6.45) is 3.93. The van der Waals surface area contributed by atoms with Crippen LogP contribution in [0.1, 0.15) is 19.8 Å². The van der Waals surface area contributed by atoms with Gasteiger partial charge in [0.25, 0.3) is 0 Å². The molecule has 1 heterocycles. The van der Waals surface area contributed by atoms with E-state index in [1.807, 2.05) is 6.08 Å². The van der Waals surface area contributed by atoms with Gasteiger partial charge < -0.3 is 9.84 Å².